The lowest BCUT2D eigenvalue weighted by atomic mass is 10.0. The van der Waals surface area contributed by atoms with Crippen LogP contribution in [0.15, 0.2) is 51.9 Å². The maximum atomic E-state index is 12.3. The number of halogens is 2. The van der Waals surface area contributed by atoms with Crippen LogP contribution in [0.2, 0.25) is 0 Å². The molecule has 2 rings (SSSR count). The van der Waals surface area contributed by atoms with Crippen LogP contribution in [0.1, 0.15) is 28.4 Å². The molecule has 0 aliphatic carbocycles. The normalized spacial score (nSPS) is 11.3. The number of carboxylic acids is 1. The van der Waals surface area contributed by atoms with E-state index in [-0.39, 0.29) is 24.5 Å². The zero-order valence-electron chi connectivity index (χ0n) is 15.6. The predicted octanol–water partition coefficient (Wildman–Crippen LogP) is 2.02. The average Bonchev–Trinajstić information content (AvgIpc) is 2.64. The summed E-state index contributed by atoms with van der Waals surface area (Å²) in [5.41, 5.74) is 12.0. The molecule has 0 aliphatic heterocycles. The summed E-state index contributed by atoms with van der Waals surface area (Å²) < 4.78 is 1.65. The van der Waals surface area contributed by atoms with Gasteiger partial charge in [-0.1, -0.05) is 22.0 Å². The van der Waals surface area contributed by atoms with Crippen molar-refractivity contribution in [1.82, 2.24) is 10.6 Å². The Bertz CT molecular complexity index is 974. The zero-order chi connectivity index (χ0) is 22.3. The van der Waals surface area contributed by atoms with E-state index in [1.807, 2.05) is 6.07 Å². The number of hydrogen-bond acceptors (Lipinski definition) is 4. The Labute approximate surface area is 194 Å². The molecule has 158 valence electrons. The highest BCUT2D eigenvalue weighted by Gasteiger charge is 2.19. The molecule has 0 saturated carbocycles. The van der Waals surface area contributed by atoms with Crippen molar-refractivity contribution >= 4 is 68.0 Å². The lowest BCUT2D eigenvalue weighted by Gasteiger charge is -2.18. The van der Waals surface area contributed by atoms with Gasteiger partial charge >= 0.3 is 5.97 Å². The number of carbonyl (C=O) groups excluding carboxylic acids is 2. The molecule has 2 amide bonds. The van der Waals surface area contributed by atoms with Crippen molar-refractivity contribution in [2.75, 3.05) is 6.54 Å². The quantitative estimate of drug-likeness (QED) is 0.180. The van der Waals surface area contributed by atoms with E-state index in [0.717, 1.165) is 8.04 Å². The number of carboxylic acid groups (broad SMARTS) is 1. The van der Waals surface area contributed by atoms with Gasteiger partial charge in [-0.15, -0.1) is 0 Å². The monoisotopic (exact) mass is 587 g/mol. The maximum absolute atomic E-state index is 12.3. The van der Waals surface area contributed by atoms with Crippen LogP contribution in [0.25, 0.3) is 0 Å². The first kappa shape index (κ1) is 23.6. The number of aliphatic carboxylic acids is 1. The highest BCUT2D eigenvalue weighted by Crippen LogP contribution is 2.24. The molecule has 2 aromatic carbocycles. The fourth-order valence-corrected chi connectivity index (χ4v) is 4.21. The Balaban J connectivity index is 2.04. The summed E-state index contributed by atoms with van der Waals surface area (Å²) in [7, 11) is 0. The molecule has 11 heteroatoms. The van der Waals surface area contributed by atoms with Crippen molar-refractivity contribution < 1.29 is 19.5 Å². The Morgan fingerprint density at radius 2 is 1.90 bits per heavy atom. The third kappa shape index (κ3) is 7.63. The van der Waals surface area contributed by atoms with Crippen LogP contribution in [0.5, 0.6) is 0 Å². The molecule has 9 nitrogen and oxygen atoms in total. The second-order valence-corrected chi connectivity index (χ2v) is 8.35. The Hall–Kier alpha value is -2.67. The van der Waals surface area contributed by atoms with Gasteiger partial charge in [0.25, 0.3) is 5.91 Å². The standard InChI is InChI=1S/C19H19BrIN5O4/c20-12-4-11(5-13(21)7-12)15(8-17(28)29)26-16(27)9-24-18(30)10-2-1-3-14(6-10)25-19(22)23/h1-7,15H,8-9H2,(H,24,30)(H,26,27)(H,28,29)(H4,22,23,25). The molecule has 7 N–H and O–H groups in total. The summed E-state index contributed by atoms with van der Waals surface area (Å²) in [5, 5.41) is 14.3. The SMILES string of the molecule is NC(N)=Nc1cccc(C(=O)NCC(=O)NC(CC(=O)O)c2cc(Br)cc(I)c2)c1. The number of aliphatic imine (C=N–C) groups is 1. The molecule has 0 radical (unpaired) electrons. The fraction of sp³-hybridized carbons (Fsp3) is 0.158. The minimum absolute atomic E-state index is 0.140. The molecule has 0 saturated heterocycles. The van der Waals surface area contributed by atoms with Crippen molar-refractivity contribution in [2.24, 2.45) is 16.5 Å². The van der Waals surface area contributed by atoms with Gasteiger partial charge in [0.15, 0.2) is 5.96 Å². The molecule has 0 bridgehead atoms. The van der Waals surface area contributed by atoms with E-state index in [9.17, 15) is 19.5 Å². The largest absolute Gasteiger partial charge is 0.481 e. The highest BCUT2D eigenvalue weighted by molar-refractivity contribution is 14.1. The number of nitrogens with zero attached hydrogens (tertiary/aromatic N) is 1. The predicted molar refractivity (Wildman–Crippen MR) is 124 cm³/mol. The van der Waals surface area contributed by atoms with Crippen molar-refractivity contribution in [3.8, 4) is 0 Å². The number of carbonyl (C=O) groups is 3. The van der Waals surface area contributed by atoms with Crippen LogP contribution < -0.4 is 22.1 Å². The van der Waals surface area contributed by atoms with Gasteiger partial charge in [0.2, 0.25) is 5.91 Å². The zero-order valence-corrected chi connectivity index (χ0v) is 19.3. The molecule has 30 heavy (non-hydrogen) atoms. The van der Waals surface area contributed by atoms with Crippen LogP contribution in [-0.4, -0.2) is 35.4 Å². The van der Waals surface area contributed by atoms with E-state index in [2.05, 4.69) is 54.1 Å². The van der Waals surface area contributed by atoms with Gasteiger partial charge in [-0.3, -0.25) is 14.4 Å². The third-order valence-corrected chi connectivity index (χ3v) is 4.86. The topological polar surface area (TPSA) is 160 Å². The van der Waals surface area contributed by atoms with Gasteiger partial charge in [-0.2, -0.15) is 0 Å². The van der Waals surface area contributed by atoms with Gasteiger partial charge < -0.3 is 27.2 Å². The first-order valence-corrected chi connectivity index (χ1v) is 10.5. The van der Waals surface area contributed by atoms with Gasteiger partial charge in [0.05, 0.1) is 24.7 Å². The Morgan fingerprint density at radius 3 is 2.53 bits per heavy atom. The van der Waals surface area contributed by atoms with E-state index in [1.54, 1.807) is 30.3 Å². The second-order valence-electron chi connectivity index (χ2n) is 6.19. The summed E-state index contributed by atoms with van der Waals surface area (Å²) in [6.45, 7) is -0.327. The van der Waals surface area contributed by atoms with Crippen molar-refractivity contribution in [1.29, 1.82) is 0 Å². The lowest BCUT2D eigenvalue weighted by Crippen LogP contribution is -2.39. The Morgan fingerprint density at radius 1 is 1.17 bits per heavy atom. The molecule has 0 aromatic heterocycles. The summed E-state index contributed by atoms with van der Waals surface area (Å²) in [6.07, 6.45) is -0.299. The highest BCUT2D eigenvalue weighted by atomic mass is 127. The molecule has 0 spiro atoms. The molecular weight excluding hydrogens is 569 g/mol. The smallest absolute Gasteiger partial charge is 0.305 e. The van der Waals surface area contributed by atoms with Crippen LogP contribution >= 0.6 is 38.5 Å². The van der Waals surface area contributed by atoms with Crippen LogP contribution in [0.3, 0.4) is 0 Å². The summed E-state index contributed by atoms with van der Waals surface area (Å²) in [4.78, 5) is 39.7. The fourth-order valence-electron chi connectivity index (χ4n) is 2.58. The van der Waals surface area contributed by atoms with Crippen LogP contribution in [0.4, 0.5) is 5.69 Å². The number of nitrogens with one attached hydrogen (secondary N) is 2. The number of amides is 2. The summed E-state index contributed by atoms with van der Waals surface area (Å²) >= 11 is 5.46. The number of benzene rings is 2. The first-order chi connectivity index (χ1) is 14.1. The van der Waals surface area contributed by atoms with E-state index < -0.39 is 23.8 Å². The second kappa shape index (κ2) is 10.9. The van der Waals surface area contributed by atoms with E-state index in [4.69, 9.17) is 11.5 Å². The molecule has 0 heterocycles. The average molecular weight is 588 g/mol. The minimum Gasteiger partial charge on any atom is -0.481 e. The molecule has 2 aromatic rings. The van der Waals surface area contributed by atoms with Crippen LogP contribution in [-0.2, 0) is 9.59 Å². The van der Waals surface area contributed by atoms with Crippen LogP contribution in [0, 0.1) is 3.57 Å². The van der Waals surface area contributed by atoms with E-state index in [0.29, 0.717) is 11.3 Å². The molecule has 0 aliphatic rings. The van der Waals surface area contributed by atoms with Gasteiger partial charge in [-0.05, 0) is 64.6 Å². The van der Waals surface area contributed by atoms with E-state index in [1.165, 1.54) is 6.07 Å². The van der Waals surface area contributed by atoms with Crippen molar-refractivity contribution in [3.05, 3.63) is 61.6 Å². The van der Waals surface area contributed by atoms with Gasteiger partial charge in [0.1, 0.15) is 0 Å². The third-order valence-electron chi connectivity index (χ3n) is 3.78. The first-order valence-electron chi connectivity index (χ1n) is 8.59. The van der Waals surface area contributed by atoms with Gasteiger partial charge in [0, 0.05) is 13.6 Å². The molecule has 0 fully saturated rings. The molecule has 1 unspecified atom stereocenters. The number of hydrogen-bond donors (Lipinski definition) is 5. The summed E-state index contributed by atoms with van der Waals surface area (Å²) in [5.74, 6) is -2.22. The van der Waals surface area contributed by atoms with E-state index >= 15 is 0 Å². The maximum Gasteiger partial charge on any atom is 0.305 e. The number of nitrogens with two attached hydrogens (primary N) is 2. The molecular formula is C19H19BrIN5O4. The van der Waals surface area contributed by atoms with Crippen molar-refractivity contribution in [2.45, 2.75) is 12.5 Å². The minimum atomic E-state index is -1.06. The van der Waals surface area contributed by atoms with Crippen molar-refractivity contribution in [3.63, 3.8) is 0 Å². The van der Waals surface area contributed by atoms with Gasteiger partial charge in [-0.25, -0.2) is 4.99 Å². The lowest BCUT2D eigenvalue weighted by molar-refractivity contribution is -0.137. The summed E-state index contributed by atoms with van der Waals surface area (Å²) in [6, 6.07) is 10.9. The molecule has 1 atom stereocenters. The Kier molecular flexibility index (Phi) is 8.59. The number of guanidine groups is 1. The number of rotatable bonds is 8.